The molecule has 1 aromatic carbocycles. The van der Waals surface area contributed by atoms with Gasteiger partial charge in [0.25, 0.3) is 0 Å². The fourth-order valence-electron chi connectivity index (χ4n) is 2.10. The van der Waals surface area contributed by atoms with Crippen molar-refractivity contribution in [3.05, 3.63) is 53.7 Å². The smallest absolute Gasteiger partial charge is 0.250 e. The van der Waals surface area contributed by atoms with Crippen molar-refractivity contribution < 1.29 is 13.6 Å². The van der Waals surface area contributed by atoms with Crippen LogP contribution in [0.25, 0.3) is 0 Å². The van der Waals surface area contributed by atoms with Crippen molar-refractivity contribution in [2.75, 3.05) is 23.1 Å². The molecule has 0 saturated carbocycles. The topological polar surface area (TPSA) is 109 Å². The molecule has 2 aromatic rings. The van der Waals surface area contributed by atoms with E-state index in [4.69, 9.17) is 10.3 Å². The largest absolute Gasteiger partial charge is 0.366 e. The van der Waals surface area contributed by atoms with Crippen LogP contribution < -0.4 is 16.0 Å². The van der Waals surface area contributed by atoms with Gasteiger partial charge in [-0.05, 0) is 23.8 Å². The molecule has 122 valence electrons. The van der Waals surface area contributed by atoms with E-state index < -0.39 is 17.0 Å². The van der Waals surface area contributed by atoms with Gasteiger partial charge in [0, 0.05) is 25.5 Å². The summed E-state index contributed by atoms with van der Waals surface area (Å²) in [6.45, 7) is 0.488. The summed E-state index contributed by atoms with van der Waals surface area (Å²) in [4.78, 5) is 16.9. The third-order valence-corrected chi connectivity index (χ3v) is 3.82. The van der Waals surface area contributed by atoms with Crippen LogP contribution in [0, 0.1) is 0 Å². The number of hydrogen-bond donors (Lipinski definition) is 3. The lowest BCUT2D eigenvalue weighted by Gasteiger charge is -2.21. The van der Waals surface area contributed by atoms with E-state index >= 15 is 0 Å². The van der Waals surface area contributed by atoms with E-state index in [9.17, 15) is 9.00 Å². The predicted molar refractivity (Wildman–Crippen MR) is 90.6 cm³/mol. The van der Waals surface area contributed by atoms with Crippen LogP contribution in [0.3, 0.4) is 0 Å². The average molecular weight is 334 g/mol. The van der Waals surface area contributed by atoms with Gasteiger partial charge in [0.15, 0.2) is 11.1 Å². The van der Waals surface area contributed by atoms with Gasteiger partial charge >= 0.3 is 0 Å². The van der Waals surface area contributed by atoms with E-state index in [2.05, 4.69) is 10.3 Å². The highest BCUT2D eigenvalue weighted by Crippen LogP contribution is 2.20. The Morgan fingerprint density at radius 1 is 1.35 bits per heavy atom. The highest BCUT2D eigenvalue weighted by molar-refractivity contribution is 7.79. The molecular weight excluding hydrogens is 316 g/mol. The van der Waals surface area contributed by atoms with Crippen molar-refractivity contribution in [1.82, 2.24) is 4.98 Å². The van der Waals surface area contributed by atoms with Gasteiger partial charge in [0.05, 0.1) is 5.56 Å². The summed E-state index contributed by atoms with van der Waals surface area (Å²) in [6, 6.07) is 10.9. The van der Waals surface area contributed by atoms with E-state index in [1.165, 1.54) is 6.20 Å². The number of aromatic nitrogens is 1. The van der Waals surface area contributed by atoms with Gasteiger partial charge in [-0.3, -0.25) is 4.79 Å². The summed E-state index contributed by atoms with van der Waals surface area (Å²) in [5, 5.41) is 3.15. The molecule has 1 aromatic heterocycles. The van der Waals surface area contributed by atoms with Crippen LogP contribution >= 0.6 is 0 Å². The first kappa shape index (κ1) is 16.9. The molecule has 0 aliphatic carbocycles. The molecule has 1 atom stereocenters. The fourth-order valence-corrected chi connectivity index (χ4v) is 2.57. The standard InChI is InChI=1S/C15H18N4O3S/c1-19(10-23(21)22)13-5-3-2-4-11(13)8-17-14-7-6-12(9-18-14)15(16)20/h2-7,9H,8,10H2,1H3,(H2,16,20)(H,17,18)(H,21,22). The van der Waals surface area contributed by atoms with E-state index in [1.807, 2.05) is 24.3 Å². The Morgan fingerprint density at radius 2 is 2.09 bits per heavy atom. The number of nitrogens with one attached hydrogen (secondary N) is 1. The maximum absolute atomic E-state index is 11.0. The van der Waals surface area contributed by atoms with Gasteiger partial charge in [-0.2, -0.15) is 0 Å². The van der Waals surface area contributed by atoms with Crippen molar-refractivity contribution in [1.29, 1.82) is 0 Å². The lowest BCUT2D eigenvalue weighted by molar-refractivity contribution is 0.1000. The SMILES string of the molecule is CN(CS(=O)O)c1ccccc1CNc1ccc(C(N)=O)cn1. The van der Waals surface area contributed by atoms with Gasteiger partial charge in [0.2, 0.25) is 5.91 Å². The molecule has 0 aliphatic heterocycles. The number of amides is 1. The first-order chi connectivity index (χ1) is 11.0. The number of nitrogens with zero attached hydrogens (tertiary/aromatic N) is 2. The van der Waals surface area contributed by atoms with E-state index in [1.54, 1.807) is 24.1 Å². The Hall–Kier alpha value is -2.45. The Bertz CT molecular complexity index is 706. The summed E-state index contributed by atoms with van der Waals surface area (Å²) in [5.74, 6) is 0.119. The number of carbonyl (C=O) groups excluding carboxylic acids is 1. The molecule has 0 aliphatic rings. The molecule has 4 N–H and O–H groups in total. The minimum Gasteiger partial charge on any atom is -0.366 e. The first-order valence-corrected chi connectivity index (χ1v) is 8.11. The summed E-state index contributed by atoms with van der Waals surface area (Å²) < 4.78 is 20.0. The van der Waals surface area contributed by atoms with Crippen LogP contribution in [0.1, 0.15) is 15.9 Å². The zero-order valence-electron chi connectivity index (χ0n) is 12.6. The van der Waals surface area contributed by atoms with E-state index in [0.29, 0.717) is 17.9 Å². The molecule has 2 rings (SSSR count). The summed E-state index contributed by atoms with van der Waals surface area (Å²) in [5.41, 5.74) is 7.34. The van der Waals surface area contributed by atoms with Crippen molar-refractivity contribution in [2.24, 2.45) is 5.73 Å². The minimum absolute atomic E-state index is 0.0303. The number of primary amides is 1. The van der Waals surface area contributed by atoms with Crippen molar-refractivity contribution in [2.45, 2.75) is 6.54 Å². The number of hydrogen-bond acceptors (Lipinski definition) is 5. The third kappa shape index (κ3) is 4.76. The van der Waals surface area contributed by atoms with Crippen LogP contribution in [0.2, 0.25) is 0 Å². The molecule has 0 radical (unpaired) electrons. The summed E-state index contributed by atoms with van der Waals surface area (Å²) >= 11 is -1.90. The number of carbonyl (C=O) groups is 1. The maximum Gasteiger partial charge on any atom is 0.250 e. The molecule has 1 unspecified atom stereocenters. The number of nitrogens with two attached hydrogens (primary N) is 1. The molecule has 1 amide bonds. The minimum atomic E-state index is -1.90. The quantitative estimate of drug-likeness (QED) is 0.661. The Labute approximate surface area is 136 Å². The van der Waals surface area contributed by atoms with E-state index in [-0.39, 0.29) is 5.88 Å². The monoisotopic (exact) mass is 334 g/mol. The van der Waals surface area contributed by atoms with Gasteiger partial charge in [-0.25, -0.2) is 9.19 Å². The fraction of sp³-hybridized carbons (Fsp3) is 0.200. The number of rotatable bonds is 7. The second-order valence-corrected chi connectivity index (χ2v) is 5.83. The number of para-hydroxylation sites is 1. The van der Waals surface area contributed by atoms with Crippen LogP contribution in [0.15, 0.2) is 42.6 Å². The van der Waals surface area contributed by atoms with Crippen LogP contribution in [-0.2, 0) is 17.6 Å². The molecular formula is C15H18N4O3S. The summed E-state index contributed by atoms with van der Waals surface area (Å²) in [6.07, 6.45) is 1.41. The highest BCUT2D eigenvalue weighted by atomic mass is 32.2. The molecule has 0 bridgehead atoms. The Balaban J connectivity index is 2.08. The number of benzene rings is 1. The molecule has 0 spiro atoms. The van der Waals surface area contributed by atoms with E-state index in [0.717, 1.165) is 11.3 Å². The van der Waals surface area contributed by atoms with Crippen LogP contribution in [0.4, 0.5) is 11.5 Å². The second-order valence-electron chi connectivity index (χ2n) is 4.93. The third-order valence-electron chi connectivity index (χ3n) is 3.21. The molecule has 0 fully saturated rings. The zero-order valence-corrected chi connectivity index (χ0v) is 13.4. The Kier molecular flexibility index (Phi) is 5.67. The molecule has 1 heterocycles. The van der Waals surface area contributed by atoms with Gasteiger partial charge in [0.1, 0.15) is 11.7 Å². The first-order valence-electron chi connectivity index (χ1n) is 6.83. The molecule has 23 heavy (non-hydrogen) atoms. The molecule has 8 heteroatoms. The van der Waals surface area contributed by atoms with Gasteiger partial charge in [-0.15, -0.1) is 0 Å². The van der Waals surface area contributed by atoms with Crippen LogP contribution in [-0.4, -0.2) is 32.6 Å². The van der Waals surface area contributed by atoms with Crippen molar-refractivity contribution in [3.8, 4) is 0 Å². The maximum atomic E-state index is 11.0. The summed E-state index contributed by atoms with van der Waals surface area (Å²) in [7, 11) is 1.76. The second kappa shape index (κ2) is 7.70. The number of pyridine rings is 1. The lowest BCUT2D eigenvalue weighted by atomic mass is 10.1. The normalized spacial score (nSPS) is 11.7. The van der Waals surface area contributed by atoms with Crippen molar-refractivity contribution >= 4 is 28.5 Å². The Morgan fingerprint density at radius 3 is 2.70 bits per heavy atom. The lowest BCUT2D eigenvalue weighted by Crippen LogP contribution is -2.23. The molecule has 0 saturated heterocycles. The van der Waals surface area contributed by atoms with Gasteiger partial charge in [-0.1, -0.05) is 18.2 Å². The predicted octanol–water partition coefficient (Wildman–Crippen LogP) is 1.41. The zero-order chi connectivity index (χ0) is 16.8. The highest BCUT2D eigenvalue weighted by Gasteiger charge is 2.09. The number of anilines is 2. The van der Waals surface area contributed by atoms with Gasteiger partial charge < -0.3 is 20.5 Å². The van der Waals surface area contributed by atoms with Crippen LogP contribution in [0.5, 0.6) is 0 Å². The average Bonchev–Trinajstić information content (AvgIpc) is 2.53. The van der Waals surface area contributed by atoms with Crippen molar-refractivity contribution in [3.63, 3.8) is 0 Å². The molecule has 7 nitrogen and oxygen atoms in total.